The summed E-state index contributed by atoms with van der Waals surface area (Å²) in [6.07, 6.45) is 0. The third kappa shape index (κ3) is 4.96. The molecule has 0 unspecified atom stereocenters. The second-order valence-electron chi connectivity index (χ2n) is 7.75. The molecule has 0 N–H and O–H groups in total. The molecule has 11 heteroatoms. The number of benzene rings is 2. The van der Waals surface area contributed by atoms with Crippen LogP contribution in [0.4, 0.5) is 5.82 Å². The van der Waals surface area contributed by atoms with Gasteiger partial charge in [0.05, 0.1) is 34.1 Å². The van der Waals surface area contributed by atoms with Gasteiger partial charge in [-0.25, -0.2) is 8.42 Å². The van der Waals surface area contributed by atoms with Gasteiger partial charge in [-0.15, -0.1) is 10.2 Å². The van der Waals surface area contributed by atoms with E-state index in [0.717, 1.165) is 5.56 Å². The minimum absolute atomic E-state index is 0.0872. The van der Waals surface area contributed by atoms with Crippen LogP contribution in [0.5, 0.6) is 23.0 Å². The third-order valence-electron chi connectivity index (χ3n) is 5.88. The predicted octanol–water partition coefficient (Wildman–Crippen LogP) is 2.69. The number of aromatic nitrogens is 2. The number of sulfonamides is 1. The molecule has 2 heterocycles. The molecule has 10 nitrogen and oxygen atoms in total. The maximum atomic E-state index is 13.3. The molecule has 0 bridgehead atoms. The number of hydrogen-bond donors (Lipinski definition) is 0. The summed E-state index contributed by atoms with van der Waals surface area (Å²) in [5.41, 5.74) is 1.42. The van der Waals surface area contributed by atoms with E-state index in [4.69, 9.17) is 18.9 Å². The molecule has 0 saturated carbocycles. The predicted molar refractivity (Wildman–Crippen MR) is 131 cm³/mol. The van der Waals surface area contributed by atoms with Gasteiger partial charge in [-0.3, -0.25) is 0 Å². The van der Waals surface area contributed by atoms with E-state index in [1.54, 1.807) is 26.4 Å². The van der Waals surface area contributed by atoms with Crippen molar-refractivity contribution in [2.45, 2.75) is 4.90 Å². The zero-order chi connectivity index (χ0) is 25.0. The van der Waals surface area contributed by atoms with E-state index in [1.807, 2.05) is 35.2 Å². The van der Waals surface area contributed by atoms with Crippen LogP contribution in [0.2, 0.25) is 0 Å². The van der Waals surface area contributed by atoms with Crippen LogP contribution in [0.1, 0.15) is 0 Å². The number of anilines is 1. The van der Waals surface area contributed by atoms with Crippen LogP contribution in [0.25, 0.3) is 11.3 Å². The zero-order valence-electron chi connectivity index (χ0n) is 20.1. The van der Waals surface area contributed by atoms with E-state index in [9.17, 15) is 8.42 Å². The van der Waals surface area contributed by atoms with Gasteiger partial charge in [-0.1, -0.05) is 0 Å². The van der Waals surface area contributed by atoms with Gasteiger partial charge in [0.2, 0.25) is 10.0 Å². The van der Waals surface area contributed by atoms with Crippen LogP contribution >= 0.6 is 0 Å². The van der Waals surface area contributed by atoms with Crippen LogP contribution in [-0.4, -0.2) is 77.5 Å². The highest BCUT2D eigenvalue weighted by Gasteiger charge is 2.31. The summed E-state index contributed by atoms with van der Waals surface area (Å²) in [4.78, 5) is 2.10. The molecule has 0 radical (unpaired) electrons. The van der Waals surface area contributed by atoms with Crippen molar-refractivity contribution < 1.29 is 27.4 Å². The number of methoxy groups -OCH3 is 4. The number of piperazine rings is 1. The lowest BCUT2D eigenvalue weighted by molar-refractivity contribution is 0.370. The van der Waals surface area contributed by atoms with Crippen molar-refractivity contribution in [2.75, 3.05) is 59.5 Å². The molecule has 0 amide bonds. The Kier molecular flexibility index (Phi) is 7.27. The maximum Gasteiger partial charge on any atom is 0.247 e. The molecule has 1 aromatic heterocycles. The van der Waals surface area contributed by atoms with Gasteiger partial charge < -0.3 is 23.8 Å². The number of hydrogen-bond acceptors (Lipinski definition) is 9. The quantitative estimate of drug-likeness (QED) is 0.462. The average molecular weight is 501 g/mol. The maximum absolute atomic E-state index is 13.3. The first kappa shape index (κ1) is 24.6. The summed E-state index contributed by atoms with van der Waals surface area (Å²) in [6, 6.07) is 14.0. The molecule has 1 saturated heterocycles. The molecule has 1 fully saturated rings. The Morgan fingerprint density at radius 3 is 1.91 bits per heavy atom. The fraction of sp³-hybridized carbons (Fsp3) is 0.333. The standard InChI is InChI=1S/C24H28N4O6S/c1-31-17-5-8-21(33-3)19(15-17)20-7-10-24(26-25-20)27-11-13-28(14-12-27)35(29,30)23-16-18(32-2)6-9-22(23)34-4/h5-10,15-16H,11-14H2,1-4H3. The van der Waals surface area contributed by atoms with Gasteiger partial charge >= 0.3 is 0 Å². The summed E-state index contributed by atoms with van der Waals surface area (Å²) >= 11 is 0. The Balaban J connectivity index is 1.49. The van der Waals surface area contributed by atoms with Crippen molar-refractivity contribution in [2.24, 2.45) is 0 Å². The van der Waals surface area contributed by atoms with Gasteiger partial charge in [0, 0.05) is 37.8 Å². The molecule has 1 aliphatic heterocycles. The van der Waals surface area contributed by atoms with Crippen LogP contribution in [0, 0.1) is 0 Å². The molecule has 0 atom stereocenters. The van der Waals surface area contributed by atoms with E-state index in [0.29, 0.717) is 54.9 Å². The van der Waals surface area contributed by atoms with Crippen molar-refractivity contribution in [1.29, 1.82) is 0 Å². The third-order valence-corrected chi connectivity index (χ3v) is 7.80. The van der Waals surface area contributed by atoms with E-state index in [-0.39, 0.29) is 10.6 Å². The topological polar surface area (TPSA) is 103 Å². The highest BCUT2D eigenvalue weighted by Crippen LogP contribution is 2.33. The van der Waals surface area contributed by atoms with E-state index in [2.05, 4.69) is 10.2 Å². The van der Waals surface area contributed by atoms with Crippen molar-refractivity contribution in [1.82, 2.24) is 14.5 Å². The highest BCUT2D eigenvalue weighted by atomic mass is 32.2. The molecule has 35 heavy (non-hydrogen) atoms. The first-order valence-electron chi connectivity index (χ1n) is 10.9. The molecule has 1 aliphatic rings. The van der Waals surface area contributed by atoms with Crippen LogP contribution in [0.3, 0.4) is 0 Å². The summed E-state index contributed by atoms with van der Waals surface area (Å²) in [5, 5.41) is 8.76. The monoisotopic (exact) mass is 500 g/mol. The van der Waals surface area contributed by atoms with E-state index < -0.39 is 10.0 Å². The Labute approximate surface area is 205 Å². The van der Waals surface area contributed by atoms with Crippen LogP contribution in [-0.2, 0) is 10.0 Å². The molecule has 0 aliphatic carbocycles. The normalized spacial score (nSPS) is 14.5. The largest absolute Gasteiger partial charge is 0.497 e. The number of rotatable bonds is 8. The summed E-state index contributed by atoms with van der Waals surface area (Å²) in [7, 11) is 2.38. The first-order chi connectivity index (χ1) is 16.9. The molecule has 4 rings (SSSR count). The first-order valence-corrected chi connectivity index (χ1v) is 12.4. The lowest BCUT2D eigenvalue weighted by Gasteiger charge is -2.34. The van der Waals surface area contributed by atoms with Crippen molar-refractivity contribution in [3.63, 3.8) is 0 Å². The Hall–Kier alpha value is -3.57. The second kappa shape index (κ2) is 10.4. The molecular formula is C24H28N4O6S. The molecular weight excluding hydrogens is 472 g/mol. The van der Waals surface area contributed by atoms with Crippen molar-refractivity contribution >= 4 is 15.8 Å². The number of nitrogens with zero attached hydrogens (tertiary/aromatic N) is 4. The van der Waals surface area contributed by atoms with E-state index >= 15 is 0 Å². The summed E-state index contributed by atoms with van der Waals surface area (Å²) in [5.74, 6) is 2.76. The van der Waals surface area contributed by atoms with Gasteiger partial charge in [0.25, 0.3) is 0 Å². The lowest BCUT2D eigenvalue weighted by atomic mass is 10.1. The van der Waals surface area contributed by atoms with Gasteiger partial charge in [0.1, 0.15) is 27.9 Å². The minimum atomic E-state index is -3.76. The number of ether oxygens (including phenoxy) is 4. The summed E-state index contributed by atoms with van der Waals surface area (Å²) < 4.78 is 49.3. The molecule has 3 aromatic rings. The molecule has 2 aromatic carbocycles. The zero-order valence-corrected chi connectivity index (χ0v) is 20.9. The van der Waals surface area contributed by atoms with Crippen LogP contribution < -0.4 is 23.8 Å². The molecule has 0 spiro atoms. The van der Waals surface area contributed by atoms with Crippen LogP contribution in [0.15, 0.2) is 53.4 Å². The van der Waals surface area contributed by atoms with Crippen molar-refractivity contribution in [3.8, 4) is 34.3 Å². The van der Waals surface area contributed by atoms with Gasteiger partial charge in [-0.2, -0.15) is 4.31 Å². The smallest absolute Gasteiger partial charge is 0.247 e. The minimum Gasteiger partial charge on any atom is -0.497 e. The van der Waals surface area contributed by atoms with Gasteiger partial charge in [0.15, 0.2) is 5.82 Å². The van der Waals surface area contributed by atoms with Gasteiger partial charge in [-0.05, 0) is 42.5 Å². The molecule has 186 valence electrons. The van der Waals surface area contributed by atoms with Crippen molar-refractivity contribution in [3.05, 3.63) is 48.5 Å². The highest BCUT2D eigenvalue weighted by molar-refractivity contribution is 7.89. The second-order valence-corrected chi connectivity index (χ2v) is 9.66. The SMILES string of the molecule is COc1ccc(OC)c(-c2ccc(N3CCN(S(=O)(=O)c4cc(OC)ccc4OC)CC3)nn2)c1. The van der Waals surface area contributed by atoms with E-state index in [1.165, 1.54) is 24.6 Å². The summed E-state index contributed by atoms with van der Waals surface area (Å²) in [6.45, 7) is 1.55. The Bertz CT molecular complexity index is 1280. The fourth-order valence-corrected chi connectivity index (χ4v) is 5.53. The Morgan fingerprint density at radius 1 is 0.714 bits per heavy atom. The Morgan fingerprint density at radius 2 is 1.34 bits per heavy atom. The fourth-order valence-electron chi connectivity index (χ4n) is 3.93. The lowest BCUT2D eigenvalue weighted by Crippen LogP contribution is -2.49. The average Bonchev–Trinajstić information content (AvgIpc) is 2.92.